The zero-order valence-electron chi connectivity index (χ0n) is 11.8. The summed E-state index contributed by atoms with van der Waals surface area (Å²) in [5.74, 6) is 1.18. The lowest BCUT2D eigenvalue weighted by Gasteiger charge is -2.12. The molecule has 0 spiro atoms. The minimum atomic E-state index is -0.0889. The third-order valence-electron chi connectivity index (χ3n) is 2.82. The SMILES string of the molecule is CCOc1c(Br)cc(/C=C2\SC(=S)N(C)C2=O)cc1OC. The van der Waals surface area contributed by atoms with Crippen LogP contribution in [0, 0.1) is 0 Å². The quantitative estimate of drug-likeness (QED) is 0.581. The summed E-state index contributed by atoms with van der Waals surface area (Å²) in [6, 6.07) is 3.72. The molecule has 0 radical (unpaired) electrons. The second-order valence-electron chi connectivity index (χ2n) is 4.21. The van der Waals surface area contributed by atoms with Crippen molar-refractivity contribution in [1.82, 2.24) is 4.90 Å². The number of hydrogen-bond acceptors (Lipinski definition) is 5. The van der Waals surface area contributed by atoms with Crippen molar-refractivity contribution in [2.75, 3.05) is 20.8 Å². The lowest BCUT2D eigenvalue weighted by atomic mass is 10.2. The number of nitrogens with zero attached hydrogens (tertiary/aromatic N) is 1. The highest BCUT2D eigenvalue weighted by Gasteiger charge is 2.28. The molecule has 1 saturated heterocycles. The van der Waals surface area contributed by atoms with Crippen LogP contribution in [-0.4, -0.2) is 35.9 Å². The van der Waals surface area contributed by atoms with E-state index in [0.29, 0.717) is 27.3 Å². The standard InChI is InChI=1S/C14H14BrNO3S2/c1-4-19-12-9(15)5-8(6-10(12)18-3)7-11-13(17)16(2)14(20)21-11/h5-7H,4H2,1-3H3/b11-7-. The average Bonchev–Trinajstić information content (AvgIpc) is 2.69. The molecule has 7 heteroatoms. The van der Waals surface area contributed by atoms with Crippen molar-refractivity contribution in [2.24, 2.45) is 0 Å². The molecule has 0 saturated carbocycles. The summed E-state index contributed by atoms with van der Waals surface area (Å²) in [5, 5.41) is 0. The number of hydrogen-bond donors (Lipinski definition) is 0. The molecule has 1 fully saturated rings. The smallest absolute Gasteiger partial charge is 0.265 e. The molecule has 1 aromatic rings. The number of carbonyl (C=O) groups is 1. The Balaban J connectivity index is 2.40. The number of ether oxygens (including phenoxy) is 2. The fourth-order valence-electron chi connectivity index (χ4n) is 1.80. The minimum Gasteiger partial charge on any atom is -0.493 e. The number of halogens is 1. The van der Waals surface area contributed by atoms with Crippen molar-refractivity contribution < 1.29 is 14.3 Å². The van der Waals surface area contributed by atoms with Gasteiger partial charge < -0.3 is 9.47 Å². The van der Waals surface area contributed by atoms with Crippen molar-refractivity contribution in [2.45, 2.75) is 6.92 Å². The molecule has 4 nitrogen and oxygen atoms in total. The van der Waals surface area contributed by atoms with Gasteiger partial charge in [0, 0.05) is 7.05 Å². The van der Waals surface area contributed by atoms with Crippen LogP contribution in [0.15, 0.2) is 21.5 Å². The maximum absolute atomic E-state index is 12.0. The Kier molecular flexibility index (Phi) is 5.29. The molecule has 0 aromatic heterocycles. The number of thiocarbonyl (C=S) groups is 1. The first-order chi connectivity index (χ1) is 9.97. The van der Waals surface area contributed by atoms with E-state index in [1.807, 2.05) is 19.1 Å². The van der Waals surface area contributed by atoms with Crippen molar-refractivity contribution in [1.29, 1.82) is 0 Å². The maximum atomic E-state index is 12.0. The highest BCUT2D eigenvalue weighted by Crippen LogP contribution is 2.38. The highest BCUT2D eigenvalue weighted by atomic mass is 79.9. The van der Waals surface area contributed by atoms with Crippen LogP contribution in [0.25, 0.3) is 6.08 Å². The number of rotatable bonds is 4. The Bertz CT molecular complexity index is 631. The largest absolute Gasteiger partial charge is 0.493 e. The molecule has 1 aromatic carbocycles. The highest BCUT2D eigenvalue weighted by molar-refractivity contribution is 9.10. The number of thioether (sulfide) groups is 1. The summed E-state index contributed by atoms with van der Waals surface area (Å²) in [6.45, 7) is 2.45. The third-order valence-corrected chi connectivity index (χ3v) is 4.90. The van der Waals surface area contributed by atoms with E-state index < -0.39 is 0 Å². The van der Waals surface area contributed by atoms with Crippen molar-refractivity contribution in [3.63, 3.8) is 0 Å². The van der Waals surface area contributed by atoms with Gasteiger partial charge in [-0.2, -0.15) is 0 Å². The molecule has 21 heavy (non-hydrogen) atoms. The molecule has 0 atom stereocenters. The van der Waals surface area contributed by atoms with Gasteiger partial charge >= 0.3 is 0 Å². The fraction of sp³-hybridized carbons (Fsp3) is 0.286. The number of carbonyl (C=O) groups excluding carboxylic acids is 1. The van der Waals surface area contributed by atoms with Gasteiger partial charge in [0.1, 0.15) is 4.32 Å². The van der Waals surface area contributed by atoms with Crippen LogP contribution in [0.1, 0.15) is 12.5 Å². The van der Waals surface area contributed by atoms with Gasteiger partial charge in [-0.25, -0.2) is 0 Å². The predicted octanol–water partition coefficient (Wildman–Crippen LogP) is 3.69. The number of methoxy groups -OCH3 is 1. The fourth-order valence-corrected chi connectivity index (χ4v) is 3.56. The molecule has 1 heterocycles. The predicted molar refractivity (Wildman–Crippen MR) is 92.8 cm³/mol. The van der Waals surface area contributed by atoms with E-state index in [1.165, 1.54) is 16.7 Å². The van der Waals surface area contributed by atoms with Crippen molar-refractivity contribution >= 4 is 56.2 Å². The Morgan fingerprint density at radius 3 is 2.71 bits per heavy atom. The first-order valence-electron chi connectivity index (χ1n) is 6.19. The molecular weight excluding hydrogens is 374 g/mol. The van der Waals surface area contributed by atoms with Gasteiger partial charge in [0.25, 0.3) is 5.91 Å². The molecule has 0 unspecified atom stereocenters. The molecule has 0 aliphatic carbocycles. The van der Waals surface area contributed by atoms with Crippen LogP contribution in [0.5, 0.6) is 11.5 Å². The Morgan fingerprint density at radius 1 is 1.48 bits per heavy atom. The topological polar surface area (TPSA) is 38.8 Å². The lowest BCUT2D eigenvalue weighted by molar-refractivity contribution is -0.121. The van der Waals surface area contributed by atoms with E-state index in [4.69, 9.17) is 21.7 Å². The maximum Gasteiger partial charge on any atom is 0.265 e. The molecule has 1 aliphatic rings. The summed E-state index contributed by atoms with van der Waals surface area (Å²) in [4.78, 5) is 14.1. The van der Waals surface area contributed by atoms with Crippen LogP contribution in [-0.2, 0) is 4.79 Å². The van der Waals surface area contributed by atoms with Gasteiger partial charge in [0.05, 0.1) is 23.1 Å². The molecule has 112 valence electrons. The first kappa shape index (κ1) is 16.3. The molecule has 2 rings (SSSR count). The first-order valence-corrected chi connectivity index (χ1v) is 8.21. The second-order valence-corrected chi connectivity index (χ2v) is 6.74. The Labute approximate surface area is 141 Å². The zero-order valence-corrected chi connectivity index (χ0v) is 15.0. The van der Waals surface area contributed by atoms with Crippen LogP contribution in [0.2, 0.25) is 0 Å². The number of likely N-dealkylation sites (N-methyl/N-ethyl adjacent to an activating group) is 1. The summed E-state index contributed by atoms with van der Waals surface area (Å²) >= 11 is 9.87. The van der Waals surface area contributed by atoms with Gasteiger partial charge in [-0.3, -0.25) is 9.69 Å². The van der Waals surface area contributed by atoms with E-state index in [-0.39, 0.29) is 5.91 Å². The summed E-state index contributed by atoms with van der Waals surface area (Å²) in [7, 11) is 3.26. The number of amides is 1. The van der Waals surface area contributed by atoms with Crippen molar-refractivity contribution in [3.05, 3.63) is 27.1 Å². The van der Waals surface area contributed by atoms with E-state index in [9.17, 15) is 4.79 Å². The van der Waals surface area contributed by atoms with Gasteiger partial charge in [-0.05, 0) is 46.6 Å². The number of benzene rings is 1. The Morgan fingerprint density at radius 2 is 2.19 bits per heavy atom. The van der Waals surface area contributed by atoms with E-state index >= 15 is 0 Å². The van der Waals surface area contributed by atoms with E-state index in [0.717, 1.165) is 10.0 Å². The second kappa shape index (κ2) is 6.81. The minimum absolute atomic E-state index is 0.0889. The Hall–Kier alpha value is -1.05. The lowest BCUT2D eigenvalue weighted by Crippen LogP contribution is -2.22. The summed E-state index contributed by atoms with van der Waals surface area (Å²) in [5.41, 5.74) is 0.844. The molecule has 0 bridgehead atoms. The van der Waals surface area contributed by atoms with Gasteiger partial charge in [0.15, 0.2) is 11.5 Å². The van der Waals surface area contributed by atoms with Crippen LogP contribution >= 0.6 is 39.9 Å². The third kappa shape index (κ3) is 3.41. The van der Waals surface area contributed by atoms with Gasteiger partial charge in [-0.1, -0.05) is 24.0 Å². The van der Waals surface area contributed by atoms with E-state index in [1.54, 1.807) is 20.2 Å². The normalized spacial score (nSPS) is 16.8. The van der Waals surface area contributed by atoms with Crippen LogP contribution in [0.4, 0.5) is 0 Å². The van der Waals surface area contributed by atoms with Crippen LogP contribution in [0.3, 0.4) is 0 Å². The van der Waals surface area contributed by atoms with Gasteiger partial charge in [0.2, 0.25) is 0 Å². The summed E-state index contributed by atoms with van der Waals surface area (Å²) in [6.07, 6.45) is 1.80. The molecule has 0 N–H and O–H groups in total. The zero-order chi connectivity index (χ0) is 15.6. The molecule has 1 amide bonds. The molecule has 1 aliphatic heterocycles. The average molecular weight is 388 g/mol. The van der Waals surface area contributed by atoms with Gasteiger partial charge in [-0.15, -0.1) is 0 Å². The van der Waals surface area contributed by atoms with E-state index in [2.05, 4.69) is 15.9 Å². The molecular formula is C14H14BrNO3S2. The monoisotopic (exact) mass is 387 g/mol. The summed E-state index contributed by atoms with van der Waals surface area (Å²) < 4.78 is 12.2. The van der Waals surface area contributed by atoms with Crippen LogP contribution < -0.4 is 9.47 Å². The van der Waals surface area contributed by atoms with Crippen molar-refractivity contribution in [3.8, 4) is 11.5 Å².